The Morgan fingerprint density at radius 3 is 2.56 bits per heavy atom. The molecule has 0 aliphatic carbocycles. The molecule has 7 heteroatoms. The maximum atomic E-state index is 12.0. The van der Waals surface area contributed by atoms with Gasteiger partial charge >= 0.3 is 0 Å². The van der Waals surface area contributed by atoms with Crippen LogP contribution in [-0.2, 0) is 17.6 Å². The molecular weight excluding hydrogens is 403 g/mol. The molecule has 2 rings (SSSR count). The first-order valence-electron chi connectivity index (χ1n) is 8.16. The zero-order valence-corrected chi connectivity index (χ0v) is 16.9. The highest BCUT2D eigenvalue weighted by atomic mass is 35.5. The van der Waals surface area contributed by atoms with Crippen molar-refractivity contribution in [2.24, 2.45) is 5.73 Å². The molecule has 4 N–H and O–H groups in total. The van der Waals surface area contributed by atoms with E-state index < -0.39 is 0 Å². The summed E-state index contributed by atoms with van der Waals surface area (Å²) < 4.78 is 0. The number of thioether (sulfide) groups is 1. The van der Waals surface area contributed by atoms with Gasteiger partial charge in [0.05, 0.1) is 0 Å². The van der Waals surface area contributed by atoms with E-state index in [1.807, 2.05) is 6.07 Å². The highest BCUT2D eigenvalue weighted by Gasteiger charge is 2.09. The van der Waals surface area contributed by atoms with Crippen LogP contribution in [0.4, 0.5) is 0 Å². The van der Waals surface area contributed by atoms with Gasteiger partial charge < -0.3 is 16.2 Å². The van der Waals surface area contributed by atoms with Crippen molar-refractivity contribution in [3.63, 3.8) is 0 Å². The van der Waals surface area contributed by atoms with Crippen LogP contribution in [0, 0.1) is 0 Å². The van der Waals surface area contributed by atoms with Crippen LogP contribution in [0.3, 0.4) is 0 Å². The number of phenols is 1. The average Bonchev–Trinajstić information content (AvgIpc) is 2.63. The van der Waals surface area contributed by atoms with Gasteiger partial charge in [-0.3, -0.25) is 4.79 Å². The summed E-state index contributed by atoms with van der Waals surface area (Å²) in [4.78, 5) is 12.8. The first-order chi connectivity index (χ1) is 12.9. The van der Waals surface area contributed by atoms with Crippen molar-refractivity contribution in [1.29, 1.82) is 0 Å². The number of rotatable bonds is 8. The number of carbonyl (C=O) groups excluding carboxylic acids is 1. The van der Waals surface area contributed by atoms with Gasteiger partial charge in [-0.2, -0.15) is 0 Å². The second-order valence-corrected chi connectivity index (χ2v) is 7.65. The van der Waals surface area contributed by atoms with Crippen LogP contribution in [0.2, 0.25) is 10.0 Å². The molecule has 1 amide bonds. The smallest absolute Gasteiger partial charge is 0.267 e. The maximum Gasteiger partial charge on any atom is 0.267 e. The first-order valence-corrected chi connectivity index (χ1v) is 9.79. The highest BCUT2D eigenvalue weighted by molar-refractivity contribution is 8.05. The van der Waals surface area contributed by atoms with E-state index in [9.17, 15) is 9.90 Å². The van der Waals surface area contributed by atoms with E-state index in [4.69, 9.17) is 28.9 Å². The predicted molar refractivity (Wildman–Crippen MR) is 114 cm³/mol. The van der Waals surface area contributed by atoms with Crippen molar-refractivity contribution < 1.29 is 9.90 Å². The molecule has 2 aromatic rings. The number of nitrogens with two attached hydrogens (primary N) is 1. The molecule has 0 aromatic heterocycles. The number of hydrogen-bond donors (Lipinski definition) is 3. The number of carbonyl (C=O) groups is 1. The Labute approximate surface area is 173 Å². The summed E-state index contributed by atoms with van der Waals surface area (Å²) in [6.07, 6.45) is 1.07. The molecule has 0 unspecified atom stereocenters. The molecule has 0 saturated heterocycles. The molecule has 2 aromatic carbocycles. The van der Waals surface area contributed by atoms with Crippen LogP contribution < -0.4 is 11.1 Å². The third kappa shape index (κ3) is 6.86. The summed E-state index contributed by atoms with van der Waals surface area (Å²) in [7, 11) is 0. The van der Waals surface area contributed by atoms with Crippen LogP contribution in [0.5, 0.6) is 5.75 Å². The summed E-state index contributed by atoms with van der Waals surface area (Å²) in [5.41, 5.74) is 7.64. The molecule has 0 heterocycles. The lowest BCUT2D eigenvalue weighted by molar-refractivity contribution is -0.117. The number of hydrogen-bond acceptors (Lipinski definition) is 4. The Morgan fingerprint density at radius 2 is 1.89 bits per heavy atom. The minimum absolute atomic E-state index is 0.0994. The topological polar surface area (TPSA) is 75.4 Å². The summed E-state index contributed by atoms with van der Waals surface area (Å²) in [6, 6.07) is 12.2. The number of halogens is 2. The summed E-state index contributed by atoms with van der Waals surface area (Å²) in [5, 5.41) is 14.9. The zero-order chi connectivity index (χ0) is 19.8. The Morgan fingerprint density at radius 1 is 1.22 bits per heavy atom. The normalized spacial score (nSPS) is 11.3. The van der Waals surface area contributed by atoms with Crippen molar-refractivity contribution in [2.45, 2.75) is 12.8 Å². The second kappa shape index (κ2) is 10.3. The molecule has 0 radical (unpaired) electrons. The molecule has 0 aliphatic rings. The van der Waals surface area contributed by atoms with E-state index in [1.54, 1.807) is 41.8 Å². The highest BCUT2D eigenvalue weighted by Crippen LogP contribution is 2.30. The van der Waals surface area contributed by atoms with Gasteiger partial charge in [0.15, 0.2) is 0 Å². The van der Waals surface area contributed by atoms with Crippen LogP contribution in [0.15, 0.2) is 65.1 Å². The Balaban J connectivity index is 1.81. The average molecular weight is 423 g/mol. The van der Waals surface area contributed by atoms with Crippen molar-refractivity contribution in [3.05, 3.63) is 86.2 Å². The lowest BCUT2D eigenvalue weighted by Crippen LogP contribution is -2.30. The first kappa shape index (κ1) is 21.2. The Hall–Kier alpha value is -2.08. The van der Waals surface area contributed by atoms with Crippen molar-refractivity contribution in [1.82, 2.24) is 5.32 Å². The molecule has 142 valence electrons. The van der Waals surface area contributed by atoms with Gasteiger partial charge in [0.25, 0.3) is 5.91 Å². The Kier molecular flexibility index (Phi) is 8.10. The molecule has 27 heavy (non-hydrogen) atoms. The number of aromatic hydroxyl groups is 1. The van der Waals surface area contributed by atoms with Crippen molar-refractivity contribution >= 4 is 40.9 Å². The van der Waals surface area contributed by atoms with Gasteiger partial charge in [-0.15, -0.1) is 11.8 Å². The molecule has 0 bridgehead atoms. The number of amides is 1. The van der Waals surface area contributed by atoms with E-state index in [0.29, 0.717) is 29.4 Å². The minimum Gasteiger partial charge on any atom is -0.508 e. The maximum absolute atomic E-state index is 12.0. The lowest BCUT2D eigenvalue weighted by Gasteiger charge is -2.08. The van der Waals surface area contributed by atoms with Crippen molar-refractivity contribution in [3.8, 4) is 5.75 Å². The van der Waals surface area contributed by atoms with E-state index >= 15 is 0 Å². The molecule has 0 aliphatic heterocycles. The molecule has 0 spiro atoms. The quantitative estimate of drug-likeness (QED) is 0.541. The van der Waals surface area contributed by atoms with Crippen LogP contribution in [0.1, 0.15) is 11.1 Å². The van der Waals surface area contributed by atoms with Crippen LogP contribution in [-0.4, -0.2) is 17.6 Å². The van der Waals surface area contributed by atoms with E-state index in [-0.39, 0.29) is 17.4 Å². The van der Waals surface area contributed by atoms with Gasteiger partial charge in [0.2, 0.25) is 0 Å². The van der Waals surface area contributed by atoms with Gasteiger partial charge in [-0.05, 0) is 46.7 Å². The Bertz CT molecular complexity index is 849. The van der Waals surface area contributed by atoms with Gasteiger partial charge in [-0.1, -0.05) is 48.0 Å². The fourth-order valence-corrected chi connectivity index (χ4v) is 3.43. The fourth-order valence-electron chi connectivity index (χ4n) is 2.27. The number of phenolic OH excluding ortho intramolecular Hbond substituents is 1. The predicted octanol–water partition coefficient (Wildman–Crippen LogP) is 4.65. The molecular formula is C20H20Cl2N2O2S. The summed E-state index contributed by atoms with van der Waals surface area (Å²) >= 11 is 13.6. The monoisotopic (exact) mass is 422 g/mol. The lowest BCUT2D eigenvalue weighted by atomic mass is 10.1. The molecule has 0 fully saturated rings. The number of allylic oxidation sites excluding steroid dienone is 1. The van der Waals surface area contributed by atoms with E-state index in [2.05, 4.69) is 11.9 Å². The van der Waals surface area contributed by atoms with E-state index in [1.165, 1.54) is 11.8 Å². The number of nitrogens with one attached hydrogen (secondary N) is 1. The van der Waals surface area contributed by atoms with Gasteiger partial charge in [0, 0.05) is 28.4 Å². The molecule has 4 nitrogen and oxygen atoms in total. The fraction of sp³-hybridized carbons (Fsp3) is 0.150. The third-order valence-corrected chi connectivity index (χ3v) is 5.22. The van der Waals surface area contributed by atoms with Crippen molar-refractivity contribution in [2.75, 3.05) is 6.54 Å². The third-order valence-electron chi connectivity index (χ3n) is 3.66. The minimum atomic E-state index is -0.355. The zero-order valence-electron chi connectivity index (χ0n) is 14.5. The van der Waals surface area contributed by atoms with E-state index in [0.717, 1.165) is 16.0 Å². The SMILES string of the molecule is C=C(Cc1c(Cl)cccc1Cl)S/C=C(\N)C(=O)NCCc1cccc(O)c1. The second-order valence-electron chi connectivity index (χ2n) is 5.78. The van der Waals surface area contributed by atoms with Gasteiger partial charge in [-0.25, -0.2) is 0 Å². The largest absolute Gasteiger partial charge is 0.508 e. The van der Waals surface area contributed by atoms with Crippen LogP contribution >= 0.6 is 35.0 Å². The summed E-state index contributed by atoms with van der Waals surface area (Å²) in [6.45, 7) is 4.38. The van der Waals surface area contributed by atoms with Crippen LogP contribution in [0.25, 0.3) is 0 Å². The standard InChI is InChI=1S/C20H20Cl2N2O2S/c1-13(10-16-17(21)6-3-7-18(16)22)27-12-19(23)20(26)24-9-8-14-4-2-5-15(25)11-14/h2-7,11-12,25H,1,8-10,23H2,(H,24,26)/b19-12-. The number of benzene rings is 2. The van der Waals surface area contributed by atoms with Gasteiger partial charge in [0.1, 0.15) is 11.4 Å². The molecule has 0 saturated carbocycles. The molecule has 0 atom stereocenters. The summed E-state index contributed by atoms with van der Waals surface area (Å²) in [5.74, 6) is -0.155.